The van der Waals surface area contributed by atoms with Gasteiger partial charge >= 0.3 is 11.9 Å². The van der Waals surface area contributed by atoms with Crippen molar-refractivity contribution in [2.24, 2.45) is 0 Å². The molecule has 1 aromatic rings. The number of nitro benzene ring substituents is 1. The number of nitrogens with zero attached hydrogens (tertiary/aromatic N) is 1. The first-order chi connectivity index (χ1) is 13.0. The van der Waals surface area contributed by atoms with E-state index in [4.69, 9.17) is 9.47 Å². The van der Waals surface area contributed by atoms with E-state index in [0.717, 1.165) is 19.3 Å². The molecule has 0 saturated heterocycles. The molecule has 0 heterocycles. The molecule has 0 atom stereocenters. The van der Waals surface area contributed by atoms with Crippen LogP contribution in [0.5, 0.6) is 0 Å². The van der Waals surface area contributed by atoms with Crippen molar-refractivity contribution >= 4 is 17.6 Å². The highest BCUT2D eigenvalue weighted by Crippen LogP contribution is 2.21. The Morgan fingerprint density at radius 2 is 1.67 bits per heavy atom. The maximum atomic E-state index is 11.8. The predicted molar refractivity (Wildman–Crippen MR) is 101 cm³/mol. The molecule has 1 aromatic carbocycles. The summed E-state index contributed by atoms with van der Waals surface area (Å²) in [6.45, 7) is 4.18. The molecule has 0 fully saturated rings. The van der Waals surface area contributed by atoms with E-state index in [9.17, 15) is 19.7 Å². The van der Waals surface area contributed by atoms with Gasteiger partial charge in [0, 0.05) is 24.5 Å². The van der Waals surface area contributed by atoms with Crippen LogP contribution in [-0.4, -0.2) is 23.5 Å². The van der Waals surface area contributed by atoms with Crippen LogP contribution in [0.3, 0.4) is 0 Å². The van der Waals surface area contributed by atoms with Gasteiger partial charge < -0.3 is 9.47 Å². The highest BCUT2D eigenvalue weighted by molar-refractivity contribution is 5.72. The Morgan fingerprint density at radius 1 is 1.00 bits per heavy atom. The van der Waals surface area contributed by atoms with E-state index in [1.54, 1.807) is 19.1 Å². The largest absolute Gasteiger partial charge is 0.466 e. The van der Waals surface area contributed by atoms with Crippen LogP contribution >= 0.6 is 0 Å². The Morgan fingerprint density at radius 3 is 2.33 bits per heavy atom. The molecule has 0 N–H and O–H groups in total. The summed E-state index contributed by atoms with van der Waals surface area (Å²) in [6.07, 6.45) is 6.12. The zero-order chi connectivity index (χ0) is 20.1. The minimum atomic E-state index is -0.462. The van der Waals surface area contributed by atoms with Crippen molar-refractivity contribution in [3.05, 3.63) is 39.4 Å². The van der Waals surface area contributed by atoms with E-state index in [0.29, 0.717) is 24.2 Å². The van der Waals surface area contributed by atoms with E-state index in [1.807, 2.05) is 0 Å². The van der Waals surface area contributed by atoms with Crippen LogP contribution in [-0.2, 0) is 25.7 Å². The minimum Gasteiger partial charge on any atom is -0.466 e. The van der Waals surface area contributed by atoms with E-state index in [2.05, 4.69) is 6.92 Å². The van der Waals surface area contributed by atoms with Gasteiger partial charge in [-0.3, -0.25) is 19.7 Å². The second-order valence-electron chi connectivity index (χ2n) is 6.47. The van der Waals surface area contributed by atoms with Gasteiger partial charge in [0.05, 0.1) is 11.5 Å². The van der Waals surface area contributed by atoms with Crippen molar-refractivity contribution in [3.63, 3.8) is 0 Å². The molecule has 0 aliphatic heterocycles. The number of esters is 2. The van der Waals surface area contributed by atoms with Gasteiger partial charge in [-0.15, -0.1) is 0 Å². The molecule has 0 radical (unpaired) electrons. The monoisotopic (exact) mass is 379 g/mol. The fraction of sp³-hybridized carbons (Fsp3) is 0.600. The van der Waals surface area contributed by atoms with Gasteiger partial charge in [0.2, 0.25) is 0 Å². The molecule has 0 aliphatic rings. The molecule has 0 saturated carbocycles. The molecule has 0 aromatic heterocycles. The van der Waals surface area contributed by atoms with Crippen molar-refractivity contribution in [2.75, 3.05) is 6.61 Å². The van der Waals surface area contributed by atoms with Crippen molar-refractivity contribution in [1.29, 1.82) is 0 Å². The number of hydrogen-bond acceptors (Lipinski definition) is 6. The van der Waals surface area contributed by atoms with Crippen LogP contribution in [0.1, 0.15) is 69.4 Å². The summed E-state index contributed by atoms with van der Waals surface area (Å²) in [6, 6.07) is 4.66. The molecular weight excluding hydrogens is 350 g/mol. The van der Waals surface area contributed by atoms with Gasteiger partial charge in [-0.05, 0) is 25.3 Å². The van der Waals surface area contributed by atoms with Crippen LogP contribution in [0.15, 0.2) is 18.2 Å². The van der Waals surface area contributed by atoms with Crippen molar-refractivity contribution in [1.82, 2.24) is 0 Å². The molecule has 7 nitrogen and oxygen atoms in total. The number of unbranched alkanes of at least 4 members (excludes halogenated alkanes) is 4. The Kier molecular flexibility index (Phi) is 10.7. The average Bonchev–Trinajstić information content (AvgIpc) is 2.63. The molecule has 150 valence electrons. The summed E-state index contributed by atoms with van der Waals surface area (Å²) < 4.78 is 10.3. The lowest BCUT2D eigenvalue weighted by molar-refractivity contribution is -0.385. The first-order valence-electron chi connectivity index (χ1n) is 9.49. The van der Waals surface area contributed by atoms with Gasteiger partial charge in [0.25, 0.3) is 5.69 Å². The molecule has 27 heavy (non-hydrogen) atoms. The molecule has 1 rings (SSSR count). The quantitative estimate of drug-likeness (QED) is 0.215. The summed E-state index contributed by atoms with van der Waals surface area (Å²) in [5.74, 6) is -0.735. The molecule has 0 amide bonds. The summed E-state index contributed by atoms with van der Waals surface area (Å²) >= 11 is 0. The number of hydrogen-bond donors (Lipinski definition) is 0. The zero-order valence-electron chi connectivity index (χ0n) is 16.2. The van der Waals surface area contributed by atoms with Crippen molar-refractivity contribution < 1.29 is 24.0 Å². The Hall–Kier alpha value is -2.44. The van der Waals surface area contributed by atoms with Gasteiger partial charge in [-0.1, -0.05) is 44.7 Å². The Labute approximate surface area is 160 Å². The third-order valence-corrected chi connectivity index (χ3v) is 4.28. The number of benzene rings is 1. The first kappa shape index (κ1) is 22.6. The van der Waals surface area contributed by atoms with E-state index in [-0.39, 0.29) is 31.1 Å². The maximum absolute atomic E-state index is 11.8. The topological polar surface area (TPSA) is 95.7 Å². The highest BCUT2D eigenvalue weighted by atomic mass is 16.6. The van der Waals surface area contributed by atoms with Gasteiger partial charge in [-0.25, -0.2) is 0 Å². The smallest absolute Gasteiger partial charge is 0.306 e. The summed E-state index contributed by atoms with van der Waals surface area (Å²) in [5, 5.41) is 10.9. The van der Waals surface area contributed by atoms with E-state index < -0.39 is 10.9 Å². The molecule has 0 unspecified atom stereocenters. The van der Waals surface area contributed by atoms with E-state index in [1.165, 1.54) is 18.9 Å². The van der Waals surface area contributed by atoms with Gasteiger partial charge in [0.1, 0.15) is 6.61 Å². The standard InChI is InChI=1S/C20H29NO6/c1-3-4-5-6-7-14-26-19(22)12-9-13-20(23)27-15-17-10-8-11-18(16(17)2)21(24)25/h8,10-11H,3-7,9,12-15H2,1-2H3. The lowest BCUT2D eigenvalue weighted by atomic mass is 10.1. The molecule has 0 spiro atoms. The molecule has 0 bridgehead atoms. The molecule has 7 heteroatoms. The van der Waals surface area contributed by atoms with Crippen molar-refractivity contribution in [2.45, 2.75) is 71.8 Å². The zero-order valence-corrected chi connectivity index (χ0v) is 16.2. The second kappa shape index (κ2) is 12.8. The SMILES string of the molecule is CCCCCCCOC(=O)CCCC(=O)OCc1cccc([N+](=O)[O-])c1C. The lowest BCUT2D eigenvalue weighted by Gasteiger charge is -2.08. The maximum Gasteiger partial charge on any atom is 0.306 e. The lowest BCUT2D eigenvalue weighted by Crippen LogP contribution is -2.09. The summed E-state index contributed by atoms with van der Waals surface area (Å²) in [7, 11) is 0. The number of carbonyl (C=O) groups excluding carboxylic acids is 2. The molecule has 0 aliphatic carbocycles. The van der Waals surface area contributed by atoms with Crippen LogP contribution in [0, 0.1) is 17.0 Å². The van der Waals surface area contributed by atoms with Crippen LogP contribution in [0.25, 0.3) is 0 Å². The van der Waals surface area contributed by atoms with Gasteiger partial charge in [0.15, 0.2) is 0 Å². The highest BCUT2D eigenvalue weighted by Gasteiger charge is 2.14. The minimum absolute atomic E-state index is 0.000915. The number of carbonyl (C=O) groups is 2. The van der Waals surface area contributed by atoms with Crippen LogP contribution in [0.2, 0.25) is 0 Å². The predicted octanol–water partition coefficient (Wildman–Crippen LogP) is 4.63. The number of rotatable bonds is 13. The Bertz CT molecular complexity index is 629. The fourth-order valence-electron chi connectivity index (χ4n) is 2.60. The second-order valence-corrected chi connectivity index (χ2v) is 6.47. The average molecular weight is 379 g/mol. The van der Waals surface area contributed by atoms with Crippen molar-refractivity contribution in [3.8, 4) is 0 Å². The molecular formula is C20H29NO6. The normalized spacial score (nSPS) is 10.4. The number of ether oxygens (including phenoxy) is 2. The van der Waals surface area contributed by atoms with Crippen LogP contribution in [0.4, 0.5) is 5.69 Å². The Balaban J connectivity index is 2.20. The summed E-state index contributed by atoms with van der Waals surface area (Å²) in [4.78, 5) is 33.8. The van der Waals surface area contributed by atoms with Crippen LogP contribution < -0.4 is 0 Å². The number of nitro groups is 1. The fourth-order valence-corrected chi connectivity index (χ4v) is 2.60. The third kappa shape index (κ3) is 9.17. The van der Waals surface area contributed by atoms with E-state index >= 15 is 0 Å². The first-order valence-corrected chi connectivity index (χ1v) is 9.49. The van der Waals surface area contributed by atoms with Gasteiger partial charge in [-0.2, -0.15) is 0 Å². The third-order valence-electron chi connectivity index (χ3n) is 4.28. The summed E-state index contributed by atoms with van der Waals surface area (Å²) in [5.41, 5.74) is 1.08.